The lowest BCUT2D eigenvalue weighted by Crippen LogP contribution is -2.45. The molecule has 214 valence electrons. The Morgan fingerprint density at radius 3 is 2.59 bits per heavy atom. The highest BCUT2D eigenvalue weighted by molar-refractivity contribution is 7.91. The molecular weight excluding hydrogens is 559 g/mol. The molecule has 0 spiro atoms. The quantitative estimate of drug-likeness (QED) is 0.340. The standard InChI is InChI=1S/C28H26F3N5O4S/c1-16-14-36(15-17(2)40-16)25-5-3-4-24(35-25)22-7-6-18-11-33-20(9-23(18)26(22)29)12-34-27(37)19-8-21(13-32-10-19)41(38,39)28(30)31/h3-11,13,16-17,28H,12,14-15H2,1-2H3,(H,34,37)/t16-,17+. The van der Waals surface area contributed by atoms with Gasteiger partial charge in [-0.3, -0.25) is 14.8 Å². The summed E-state index contributed by atoms with van der Waals surface area (Å²) >= 11 is 0. The van der Waals surface area contributed by atoms with Crippen molar-refractivity contribution in [3.63, 3.8) is 0 Å². The molecule has 0 saturated carbocycles. The minimum Gasteiger partial charge on any atom is -0.372 e. The number of morpholine rings is 1. The topological polar surface area (TPSA) is 114 Å². The van der Waals surface area contributed by atoms with Crippen LogP contribution in [-0.4, -0.2) is 60.3 Å². The molecule has 0 bridgehead atoms. The van der Waals surface area contributed by atoms with Gasteiger partial charge in [0.25, 0.3) is 5.91 Å². The highest BCUT2D eigenvalue weighted by atomic mass is 32.2. The third kappa shape index (κ3) is 6.00. The Morgan fingerprint density at radius 2 is 1.85 bits per heavy atom. The van der Waals surface area contributed by atoms with Crippen LogP contribution in [0.15, 0.2) is 66.0 Å². The Labute approximate surface area is 234 Å². The summed E-state index contributed by atoms with van der Waals surface area (Å²) in [5.74, 6) is -4.18. The van der Waals surface area contributed by atoms with Gasteiger partial charge in [0.2, 0.25) is 9.84 Å². The Balaban J connectivity index is 1.37. The molecule has 0 unspecified atom stereocenters. The monoisotopic (exact) mass is 585 g/mol. The van der Waals surface area contributed by atoms with E-state index >= 15 is 4.39 Å². The van der Waals surface area contributed by atoms with E-state index in [0.717, 1.165) is 24.3 Å². The molecule has 0 aliphatic carbocycles. The number of halogens is 3. The van der Waals surface area contributed by atoms with Crippen LogP contribution in [0.25, 0.3) is 22.0 Å². The first-order valence-corrected chi connectivity index (χ1v) is 14.3. The average Bonchev–Trinajstić information content (AvgIpc) is 2.96. The van der Waals surface area contributed by atoms with Crippen molar-refractivity contribution in [3.8, 4) is 11.3 Å². The molecule has 4 heterocycles. The van der Waals surface area contributed by atoms with Crippen molar-refractivity contribution in [3.05, 3.63) is 78.1 Å². The van der Waals surface area contributed by atoms with Crippen LogP contribution in [0.5, 0.6) is 0 Å². The summed E-state index contributed by atoms with van der Waals surface area (Å²) < 4.78 is 70.8. The predicted octanol–water partition coefficient (Wildman–Crippen LogP) is 4.37. The van der Waals surface area contributed by atoms with E-state index in [1.807, 2.05) is 26.0 Å². The fourth-order valence-electron chi connectivity index (χ4n) is 4.71. The van der Waals surface area contributed by atoms with E-state index in [2.05, 4.69) is 20.2 Å². The van der Waals surface area contributed by atoms with E-state index in [0.29, 0.717) is 35.4 Å². The fourth-order valence-corrected chi connectivity index (χ4v) is 5.41. The highest BCUT2D eigenvalue weighted by Crippen LogP contribution is 2.30. The molecule has 1 aromatic carbocycles. The first kappa shape index (κ1) is 28.4. The Kier molecular flexibility index (Phi) is 7.91. The number of aromatic nitrogens is 3. The molecule has 13 heteroatoms. The number of ether oxygens (including phenoxy) is 1. The van der Waals surface area contributed by atoms with Crippen LogP contribution >= 0.6 is 0 Å². The second-order valence-corrected chi connectivity index (χ2v) is 11.7. The summed E-state index contributed by atoms with van der Waals surface area (Å²) in [4.78, 5) is 26.5. The molecule has 1 saturated heterocycles. The van der Waals surface area contributed by atoms with Gasteiger partial charge < -0.3 is 15.0 Å². The van der Waals surface area contributed by atoms with Crippen LogP contribution in [0.4, 0.5) is 19.0 Å². The van der Waals surface area contributed by atoms with Gasteiger partial charge in [0, 0.05) is 48.0 Å². The number of pyridine rings is 3. The lowest BCUT2D eigenvalue weighted by Gasteiger charge is -2.36. The first-order valence-electron chi connectivity index (χ1n) is 12.7. The molecule has 1 aliphatic heterocycles. The van der Waals surface area contributed by atoms with E-state index in [-0.39, 0.29) is 29.7 Å². The van der Waals surface area contributed by atoms with Crippen LogP contribution in [0.3, 0.4) is 0 Å². The van der Waals surface area contributed by atoms with Gasteiger partial charge in [-0.2, -0.15) is 8.78 Å². The molecular formula is C28H26F3N5O4S. The number of benzene rings is 1. The van der Waals surface area contributed by atoms with Crippen LogP contribution in [0, 0.1) is 5.82 Å². The van der Waals surface area contributed by atoms with Crippen molar-refractivity contribution in [1.29, 1.82) is 0 Å². The minimum absolute atomic E-state index is 0.0407. The Hall–Kier alpha value is -4.10. The van der Waals surface area contributed by atoms with Crippen molar-refractivity contribution in [2.24, 2.45) is 0 Å². The lowest BCUT2D eigenvalue weighted by molar-refractivity contribution is -0.00545. The number of carbonyl (C=O) groups is 1. The van der Waals surface area contributed by atoms with E-state index in [4.69, 9.17) is 9.72 Å². The molecule has 0 radical (unpaired) electrons. The SMILES string of the molecule is C[C@@H]1CN(c2cccc(-c3ccc4cnc(CNC(=O)c5cncc(S(=O)(=O)C(F)F)c5)cc4c3F)n2)C[C@H](C)O1. The largest absolute Gasteiger partial charge is 0.372 e. The van der Waals surface area contributed by atoms with E-state index < -0.39 is 32.2 Å². The van der Waals surface area contributed by atoms with E-state index in [9.17, 15) is 22.0 Å². The zero-order valence-electron chi connectivity index (χ0n) is 22.1. The number of amides is 1. The van der Waals surface area contributed by atoms with Gasteiger partial charge in [-0.15, -0.1) is 0 Å². The molecule has 5 rings (SSSR count). The van der Waals surface area contributed by atoms with Gasteiger partial charge in [-0.05, 0) is 44.2 Å². The van der Waals surface area contributed by atoms with Crippen molar-refractivity contribution in [2.45, 2.75) is 43.3 Å². The average molecular weight is 586 g/mol. The number of sulfone groups is 1. The van der Waals surface area contributed by atoms with Gasteiger partial charge in [0.1, 0.15) is 11.6 Å². The number of alkyl halides is 2. The predicted molar refractivity (Wildman–Crippen MR) is 146 cm³/mol. The zero-order valence-corrected chi connectivity index (χ0v) is 22.9. The summed E-state index contributed by atoms with van der Waals surface area (Å²) in [7, 11) is -4.91. The summed E-state index contributed by atoms with van der Waals surface area (Å²) in [6.45, 7) is 5.20. The van der Waals surface area contributed by atoms with Crippen LogP contribution in [0.1, 0.15) is 29.9 Å². The van der Waals surface area contributed by atoms with Gasteiger partial charge >= 0.3 is 5.76 Å². The first-order chi connectivity index (χ1) is 19.5. The minimum atomic E-state index is -4.91. The Bertz CT molecular complexity index is 1710. The van der Waals surface area contributed by atoms with Crippen LogP contribution in [-0.2, 0) is 21.1 Å². The number of hydrogen-bond donors (Lipinski definition) is 1. The number of rotatable bonds is 7. The molecule has 1 N–H and O–H groups in total. The number of anilines is 1. The number of fused-ring (bicyclic) bond motifs is 1. The molecule has 1 fully saturated rings. The zero-order chi connectivity index (χ0) is 29.3. The van der Waals surface area contributed by atoms with Gasteiger partial charge in [-0.25, -0.2) is 17.8 Å². The number of carbonyl (C=O) groups excluding carboxylic acids is 1. The fraction of sp³-hybridized carbons (Fsp3) is 0.286. The summed E-state index contributed by atoms with van der Waals surface area (Å²) in [5.41, 5.74) is 0.865. The van der Waals surface area contributed by atoms with Crippen molar-refractivity contribution >= 4 is 32.3 Å². The molecule has 4 aromatic rings. The Morgan fingerprint density at radius 1 is 1.10 bits per heavy atom. The van der Waals surface area contributed by atoms with E-state index in [1.54, 1.807) is 18.2 Å². The maximum atomic E-state index is 15.8. The molecule has 41 heavy (non-hydrogen) atoms. The van der Waals surface area contributed by atoms with E-state index in [1.165, 1.54) is 12.3 Å². The van der Waals surface area contributed by atoms with Crippen molar-refractivity contribution in [2.75, 3.05) is 18.0 Å². The highest BCUT2D eigenvalue weighted by Gasteiger charge is 2.28. The van der Waals surface area contributed by atoms with Crippen LogP contribution < -0.4 is 10.2 Å². The number of hydrogen-bond acceptors (Lipinski definition) is 8. The van der Waals surface area contributed by atoms with Gasteiger partial charge in [0.15, 0.2) is 0 Å². The molecule has 2 atom stereocenters. The number of nitrogens with one attached hydrogen (secondary N) is 1. The summed E-state index contributed by atoms with van der Waals surface area (Å²) in [5, 5.41) is 3.35. The normalized spacial score (nSPS) is 17.7. The molecule has 1 aliphatic rings. The van der Waals surface area contributed by atoms with Crippen molar-refractivity contribution in [1.82, 2.24) is 20.3 Å². The second-order valence-electron chi connectivity index (χ2n) is 9.76. The second kappa shape index (κ2) is 11.4. The third-order valence-corrected chi connectivity index (χ3v) is 7.97. The van der Waals surface area contributed by atoms with Crippen molar-refractivity contribution < 1.29 is 31.1 Å². The maximum absolute atomic E-state index is 15.8. The lowest BCUT2D eigenvalue weighted by atomic mass is 10.0. The van der Waals surface area contributed by atoms with Crippen LogP contribution in [0.2, 0.25) is 0 Å². The molecule has 1 amide bonds. The third-order valence-electron chi connectivity index (χ3n) is 6.62. The van der Waals surface area contributed by atoms with Gasteiger partial charge in [0.05, 0.1) is 40.6 Å². The molecule has 3 aromatic heterocycles. The van der Waals surface area contributed by atoms with Gasteiger partial charge in [-0.1, -0.05) is 12.1 Å². The number of nitrogens with zero attached hydrogens (tertiary/aromatic N) is 4. The summed E-state index contributed by atoms with van der Waals surface area (Å²) in [6, 6.07) is 11.1. The smallest absolute Gasteiger partial charge is 0.341 e. The summed E-state index contributed by atoms with van der Waals surface area (Å²) in [6.07, 6.45) is 3.36. The molecule has 9 nitrogen and oxygen atoms in total. The maximum Gasteiger partial charge on any atom is 0.341 e.